The van der Waals surface area contributed by atoms with Crippen LogP contribution in [0.15, 0.2) is 12.5 Å². The molecule has 31 heavy (non-hydrogen) atoms. The summed E-state index contributed by atoms with van der Waals surface area (Å²) in [5.74, 6) is -0.335. The maximum Gasteiger partial charge on any atom is 0.411 e. The zero-order valence-electron chi connectivity index (χ0n) is 18.9. The minimum atomic E-state index is -0.937. The Kier molecular flexibility index (Phi) is 6.31. The zero-order chi connectivity index (χ0) is 23.0. The highest BCUT2D eigenvalue weighted by molar-refractivity contribution is 5.95. The number of hydrogen-bond acceptors (Lipinski definition) is 7. The third-order valence-corrected chi connectivity index (χ3v) is 4.86. The van der Waals surface area contributed by atoms with Gasteiger partial charge in [0.2, 0.25) is 0 Å². The van der Waals surface area contributed by atoms with E-state index in [9.17, 15) is 14.4 Å². The summed E-state index contributed by atoms with van der Waals surface area (Å²) in [6.45, 7) is 10.9. The second-order valence-electron chi connectivity index (χ2n) is 9.93. The van der Waals surface area contributed by atoms with Gasteiger partial charge in [0.1, 0.15) is 23.3 Å². The molecule has 3 heterocycles. The monoisotopic (exact) mass is 436 g/mol. The second kappa shape index (κ2) is 8.49. The Hall–Kier alpha value is -2.62. The van der Waals surface area contributed by atoms with Crippen molar-refractivity contribution in [2.24, 2.45) is 0 Å². The number of hydrogen-bond donors (Lipinski definition) is 2. The van der Waals surface area contributed by atoms with Gasteiger partial charge in [0.15, 0.2) is 5.78 Å². The van der Waals surface area contributed by atoms with Crippen LogP contribution in [0.2, 0.25) is 0 Å². The van der Waals surface area contributed by atoms with E-state index in [1.165, 1.54) is 11.2 Å². The van der Waals surface area contributed by atoms with Crippen LogP contribution in [0.5, 0.6) is 0 Å². The van der Waals surface area contributed by atoms with E-state index in [0.29, 0.717) is 18.7 Å². The molecule has 2 fully saturated rings. The lowest BCUT2D eigenvalue weighted by molar-refractivity contribution is -0.127. The first-order valence-corrected chi connectivity index (χ1v) is 10.5. The quantitative estimate of drug-likeness (QED) is 0.678. The molecule has 2 aliphatic rings. The number of H-pyrrole nitrogens is 1. The number of epoxide rings is 1. The number of fused-ring (bicyclic) bond motifs is 1. The number of aromatic nitrogens is 2. The molecule has 0 aromatic carbocycles. The van der Waals surface area contributed by atoms with E-state index in [0.717, 1.165) is 0 Å². The summed E-state index contributed by atoms with van der Waals surface area (Å²) < 4.78 is 16.5. The van der Waals surface area contributed by atoms with Crippen LogP contribution in [0.4, 0.5) is 9.59 Å². The molecule has 0 saturated carbocycles. The molecule has 10 heteroatoms. The van der Waals surface area contributed by atoms with Gasteiger partial charge in [-0.15, -0.1) is 0 Å². The van der Waals surface area contributed by atoms with Crippen molar-refractivity contribution in [3.05, 3.63) is 18.2 Å². The zero-order valence-corrected chi connectivity index (χ0v) is 18.9. The van der Waals surface area contributed by atoms with Crippen molar-refractivity contribution in [1.82, 2.24) is 20.2 Å². The number of carbonyl (C=O) groups excluding carboxylic acids is 3. The predicted octanol–water partition coefficient (Wildman–Crippen LogP) is 2.19. The number of nitrogens with zero attached hydrogens (tertiary/aromatic N) is 2. The molecule has 1 aromatic heterocycles. The number of nitrogens with one attached hydrogen (secondary N) is 2. The van der Waals surface area contributed by atoms with E-state index in [-0.39, 0.29) is 18.3 Å². The maximum absolute atomic E-state index is 13.6. The number of imidazole rings is 1. The van der Waals surface area contributed by atoms with Gasteiger partial charge in [0.05, 0.1) is 18.5 Å². The number of carbonyl (C=O) groups is 3. The summed E-state index contributed by atoms with van der Waals surface area (Å²) >= 11 is 0. The summed E-state index contributed by atoms with van der Waals surface area (Å²) in [4.78, 5) is 47.2. The SMILES string of the molecule is CC(C)(C)OC(=O)N[C@@H](Cc1cnc[nH]1)C(=O)C1C2OC2CCN1C(=O)OC(C)(C)C. The fraction of sp³-hybridized carbons (Fsp3) is 0.714. The average Bonchev–Trinajstić information content (AvgIpc) is 3.22. The van der Waals surface area contributed by atoms with Gasteiger partial charge in [-0.25, -0.2) is 14.6 Å². The number of aromatic amines is 1. The minimum Gasteiger partial charge on any atom is -0.444 e. The number of rotatable bonds is 5. The van der Waals surface area contributed by atoms with Crippen molar-refractivity contribution in [1.29, 1.82) is 0 Å². The summed E-state index contributed by atoms with van der Waals surface area (Å²) in [6.07, 6.45) is 2.14. The highest BCUT2D eigenvalue weighted by Crippen LogP contribution is 2.37. The average molecular weight is 437 g/mol. The standard InChI is InChI=1S/C21H32N4O6/c1-20(2,3)30-18(27)24-13(9-12-10-22-11-23-12)16(26)15-17-14(29-17)7-8-25(15)19(28)31-21(4,5)6/h10-11,13-15,17H,7-9H2,1-6H3,(H,22,23)(H,24,27)/t13-,14?,15?,17?/m0/s1. The molecular formula is C21H32N4O6. The summed E-state index contributed by atoms with van der Waals surface area (Å²) in [5.41, 5.74) is -0.748. The third kappa shape index (κ3) is 6.19. The number of amides is 2. The van der Waals surface area contributed by atoms with Crippen LogP contribution in [0, 0.1) is 0 Å². The Bertz CT molecular complexity index is 811. The molecule has 0 bridgehead atoms. The van der Waals surface area contributed by atoms with Crippen molar-refractivity contribution in [3.8, 4) is 0 Å². The summed E-state index contributed by atoms with van der Waals surface area (Å²) in [6, 6.07) is -1.79. The molecular weight excluding hydrogens is 404 g/mol. The molecule has 3 rings (SSSR count). The third-order valence-electron chi connectivity index (χ3n) is 4.86. The number of ketones is 1. The number of piperidine rings is 1. The molecule has 2 saturated heterocycles. The van der Waals surface area contributed by atoms with Crippen LogP contribution in [0.1, 0.15) is 53.7 Å². The predicted molar refractivity (Wildman–Crippen MR) is 110 cm³/mol. The van der Waals surface area contributed by atoms with Crippen LogP contribution in [0.3, 0.4) is 0 Å². The highest BCUT2D eigenvalue weighted by atomic mass is 16.6. The summed E-state index contributed by atoms with van der Waals surface area (Å²) in [5, 5.41) is 2.66. The van der Waals surface area contributed by atoms with Crippen molar-refractivity contribution in [3.63, 3.8) is 0 Å². The van der Waals surface area contributed by atoms with Crippen molar-refractivity contribution >= 4 is 18.0 Å². The number of alkyl carbamates (subject to hydrolysis) is 1. The van der Waals surface area contributed by atoms with Gasteiger partial charge in [-0.3, -0.25) is 9.69 Å². The topological polar surface area (TPSA) is 126 Å². The van der Waals surface area contributed by atoms with E-state index in [2.05, 4.69) is 15.3 Å². The van der Waals surface area contributed by atoms with E-state index in [1.54, 1.807) is 47.7 Å². The fourth-order valence-electron chi connectivity index (χ4n) is 3.59. The Morgan fingerprint density at radius 3 is 2.48 bits per heavy atom. The van der Waals surface area contributed by atoms with Gasteiger partial charge in [0, 0.05) is 24.9 Å². The van der Waals surface area contributed by atoms with Gasteiger partial charge >= 0.3 is 12.2 Å². The normalized spacial score (nSPS) is 24.1. The van der Waals surface area contributed by atoms with Gasteiger partial charge in [0.25, 0.3) is 0 Å². The van der Waals surface area contributed by atoms with Crippen molar-refractivity contribution in [2.75, 3.05) is 6.54 Å². The highest BCUT2D eigenvalue weighted by Gasteiger charge is 2.56. The summed E-state index contributed by atoms with van der Waals surface area (Å²) in [7, 11) is 0. The first-order valence-electron chi connectivity index (χ1n) is 10.5. The lowest BCUT2D eigenvalue weighted by Crippen LogP contribution is -2.59. The molecule has 10 nitrogen and oxygen atoms in total. The molecule has 0 radical (unpaired) electrons. The number of ether oxygens (including phenoxy) is 3. The lowest BCUT2D eigenvalue weighted by Gasteiger charge is -2.35. The number of Topliss-reactive ketones (excluding diaryl/α,β-unsaturated/α-hetero) is 1. The van der Waals surface area contributed by atoms with Crippen LogP contribution in [-0.2, 0) is 25.4 Å². The molecule has 3 unspecified atom stereocenters. The molecule has 0 spiro atoms. The van der Waals surface area contributed by atoms with E-state index >= 15 is 0 Å². The largest absolute Gasteiger partial charge is 0.444 e. The van der Waals surface area contributed by atoms with E-state index in [4.69, 9.17) is 14.2 Å². The van der Waals surface area contributed by atoms with Crippen LogP contribution in [-0.4, -0.2) is 74.9 Å². The molecule has 0 aliphatic carbocycles. The molecule has 1 aromatic rings. The van der Waals surface area contributed by atoms with Crippen molar-refractivity contribution in [2.45, 2.75) is 89.9 Å². The lowest BCUT2D eigenvalue weighted by atomic mass is 9.93. The van der Waals surface area contributed by atoms with Crippen LogP contribution in [0.25, 0.3) is 0 Å². The second-order valence-corrected chi connectivity index (χ2v) is 9.93. The van der Waals surface area contributed by atoms with Crippen LogP contribution >= 0.6 is 0 Å². The molecule has 4 atom stereocenters. The molecule has 2 aliphatic heterocycles. The van der Waals surface area contributed by atoms with Gasteiger partial charge in [-0.1, -0.05) is 0 Å². The smallest absolute Gasteiger partial charge is 0.411 e. The Morgan fingerprint density at radius 2 is 1.90 bits per heavy atom. The van der Waals surface area contributed by atoms with Gasteiger partial charge < -0.3 is 24.5 Å². The van der Waals surface area contributed by atoms with Gasteiger partial charge in [-0.2, -0.15) is 0 Å². The Labute approximate surface area is 182 Å². The first kappa shape index (κ1) is 23.1. The molecule has 172 valence electrons. The maximum atomic E-state index is 13.6. The van der Waals surface area contributed by atoms with Gasteiger partial charge in [-0.05, 0) is 48.0 Å². The Balaban J connectivity index is 1.81. The fourth-order valence-corrected chi connectivity index (χ4v) is 3.59. The number of likely N-dealkylation sites (tertiary alicyclic amines) is 1. The van der Waals surface area contributed by atoms with E-state index in [1.807, 2.05) is 0 Å². The molecule has 2 amide bonds. The minimum absolute atomic E-state index is 0.0676. The first-order chi connectivity index (χ1) is 14.3. The Morgan fingerprint density at radius 1 is 1.23 bits per heavy atom. The molecule has 2 N–H and O–H groups in total. The van der Waals surface area contributed by atoms with Crippen LogP contribution < -0.4 is 5.32 Å². The van der Waals surface area contributed by atoms with Crippen molar-refractivity contribution < 1.29 is 28.6 Å². The van der Waals surface area contributed by atoms with E-state index < -0.39 is 41.6 Å².